The predicted molar refractivity (Wildman–Crippen MR) is 84.1 cm³/mol. The van der Waals surface area contributed by atoms with Gasteiger partial charge in [0, 0.05) is 6.54 Å². The molecule has 24 heavy (non-hydrogen) atoms. The largest absolute Gasteiger partial charge is 0.443 e. The van der Waals surface area contributed by atoms with E-state index in [9.17, 15) is 25.2 Å². The number of β-amino-alcohol motifs (C(OH)–C–C–N with tert-alkyl or cyclic N) is 4. The van der Waals surface area contributed by atoms with Crippen LogP contribution in [-0.4, -0.2) is 66.8 Å². The number of nitrogens with zero attached hydrogens (tertiary/aromatic N) is 2. The van der Waals surface area contributed by atoms with Gasteiger partial charge in [0.05, 0.1) is 13.1 Å². The molecule has 1 saturated heterocycles. The Morgan fingerprint density at radius 2 is 1.58 bits per heavy atom. The molecule has 2 rings (SSSR count). The third-order valence-corrected chi connectivity index (χ3v) is 3.41. The average Bonchev–Trinajstić information content (AvgIpc) is 2.33. The van der Waals surface area contributed by atoms with E-state index in [2.05, 4.69) is 0 Å². The molecular weight excluding hydrogens is 316 g/mol. The molecule has 4 N–H and O–H groups in total. The van der Waals surface area contributed by atoms with Gasteiger partial charge in [-0.2, -0.15) is 4.90 Å². The highest BCUT2D eigenvalue weighted by molar-refractivity contribution is 5.69. The Hall–Kier alpha value is -1.71. The lowest BCUT2D eigenvalue weighted by atomic mass is 10.1. The summed E-state index contributed by atoms with van der Waals surface area (Å²) < 4.78 is 5.03. The highest BCUT2D eigenvalue weighted by Gasteiger charge is 2.55. The van der Waals surface area contributed by atoms with Crippen molar-refractivity contribution < 1.29 is 30.0 Å². The zero-order valence-electron chi connectivity index (χ0n) is 14.0. The van der Waals surface area contributed by atoms with Gasteiger partial charge in [-0.15, -0.1) is 0 Å². The van der Waals surface area contributed by atoms with Crippen molar-refractivity contribution in [1.82, 2.24) is 9.80 Å². The number of benzene rings is 1. The first-order valence-corrected chi connectivity index (χ1v) is 7.60. The summed E-state index contributed by atoms with van der Waals surface area (Å²) in [5, 5.41) is 40.8. The Morgan fingerprint density at radius 3 is 2.04 bits per heavy atom. The van der Waals surface area contributed by atoms with E-state index in [0.29, 0.717) is 0 Å². The molecule has 0 unspecified atom stereocenters. The van der Waals surface area contributed by atoms with Crippen LogP contribution in [0.3, 0.4) is 0 Å². The van der Waals surface area contributed by atoms with Gasteiger partial charge >= 0.3 is 6.09 Å². The number of rotatable bonds is 2. The molecule has 1 fully saturated rings. The van der Waals surface area contributed by atoms with Crippen LogP contribution in [0, 0.1) is 0 Å². The van der Waals surface area contributed by atoms with Crippen LogP contribution < -0.4 is 0 Å². The maximum absolute atomic E-state index is 12.2. The number of ether oxygens (including phenoxy) is 1. The van der Waals surface area contributed by atoms with Crippen molar-refractivity contribution in [3.05, 3.63) is 35.9 Å². The molecule has 1 amide bonds. The van der Waals surface area contributed by atoms with Gasteiger partial charge in [0.15, 0.2) is 0 Å². The Morgan fingerprint density at radius 1 is 1.08 bits per heavy atom. The first-order chi connectivity index (χ1) is 10.9. The van der Waals surface area contributed by atoms with Crippen molar-refractivity contribution in [2.75, 3.05) is 13.1 Å². The Kier molecular flexibility index (Phi) is 4.89. The van der Waals surface area contributed by atoms with Crippen molar-refractivity contribution in [2.24, 2.45) is 0 Å². The van der Waals surface area contributed by atoms with Crippen molar-refractivity contribution in [3.8, 4) is 0 Å². The molecule has 0 radical (unpaired) electrons. The second kappa shape index (κ2) is 6.30. The highest BCUT2D eigenvalue weighted by Crippen LogP contribution is 2.29. The number of hydrogen-bond acceptors (Lipinski definition) is 7. The topological polar surface area (TPSA) is 114 Å². The van der Waals surface area contributed by atoms with E-state index in [4.69, 9.17) is 4.74 Å². The molecule has 1 aromatic rings. The normalized spacial score (nSPS) is 20.7. The maximum Gasteiger partial charge on any atom is 0.418 e. The number of hydrogen-bond donors (Lipinski definition) is 4. The van der Waals surface area contributed by atoms with Crippen LogP contribution in [0.4, 0.5) is 4.79 Å². The first-order valence-electron chi connectivity index (χ1n) is 7.60. The Bertz CT molecular complexity index is 564. The lowest BCUT2D eigenvalue weighted by molar-refractivity contribution is -0.397. The summed E-state index contributed by atoms with van der Waals surface area (Å²) in [7, 11) is 0. The Labute approximate surface area is 140 Å². The summed E-state index contributed by atoms with van der Waals surface area (Å²) in [4.78, 5) is 13.7. The molecule has 8 heteroatoms. The fourth-order valence-electron chi connectivity index (χ4n) is 2.64. The molecule has 0 aliphatic carbocycles. The fraction of sp³-hybridized carbons (Fsp3) is 0.562. The molecule has 0 aromatic heterocycles. The molecule has 1 aromatic carbocycles. The molecule has 1 aliphatic heterocycles. The molecular formula is C16H24N2O6. The Balaban J connectivity index is 2.18. The molecule has 8 nitrogen and oxygen atoms in total. The third-order valence-electron chi connectivity index (χ3n) is 3.41. The lowest BCUT2D eigenvalue weighted by Crippen LogP contribution is -2.74. The van der Waals surface area contributed by atoms with Gasteiger partial charge in [-0.1, -0.05) is 30.3 Å². The van der Waals surface area contributed by atoms with Gasteiger partial charge in [0.1, 0.15) is 5.60 Å². The smallest absolute Gasteiger partial charge is 0.418 e. The monoisotopic (exact) mass is 340 g/mol. The van der Waals surface area contributed by atoms with Gasteiger partial charge in [0.2, 0.25) is 0 Å². The third kappa shape index (κ3) is 4.43. The fourth-order valence-corrected chi connectivity index (χ4v) is 2.64. The highest BCUT2D eigenvalue weighted by atomic mass is 16.6. The zero-order chi connectivity index (χ0) is 18.2. The minimum atomic E-state index is -2.79. The molecule has 134 valence electrons. The van der Waals surface area contributed by atoms with Crippen LogP contribution in [0.2, 0.25) is 0 Å². The number of carbonyl (C=O) groups excluding carboxylic acids is 1. The summed E-state index contributed by atoms with van der Waals surface area (Å²) in [5.74, 6) is -5.59. The summed E-state index contributed by atoms with van der Waals surface area (Å²) in [6.07, 6.45) is -1.23. The van der Waals surface area contributed by atoms with E-state index in [1.807, 2.05) is 30.3 Å². The van der Waals surface area contributed by atoms with Gasteiger partial charge in [-0.3, -0.25) is 4.90 Å². The number of piperazine rings is 1. The molecule has 0 bridgehead atoms. The summed E-state index contributed by atoms with van der Waals surface area (Å²) in [6, 6.07) is 9.14. The summed E-state index contributed by atoms with van der Waals surface area (Å²) >= 11 is 0. The van der Waals surface area contributed by atoms with E-state index in [1.54, 1.807) is 20.8 Å². The van der Waals surface area contributed by atoms with E-state index in [-0.39, 0.29) is 24.5 Å². The van der Waals surface area contributed by atoms with Crippen LogP contribution in [0.25, 0.3) is 0 Å². The summed E-state index contributed by atoms with van der Waals surface area (Å²) in [6.45, 7) is 4.25. The summed E-state index contributed by atoms with van der Waals surface area (Å²) in [5.41, 5.74) is -0.0699. The van der Waals surface area contributed by atoms with Crippen molar-refractivity contribution >= 4 is 6.09 Å². The van der Waals surface area contributed by atoms with Crippen molar-refractivity contribution in [1.29, 1.82) is 0 Å². The molecule has 1 aliphatic rings. The zero-order valence-corrected chi connectivity index (χ0v) is 14.0. The van der Waals surface area contributed by atoms with Gasteiger partial charge in [-0.25, -0.2) is 4.79 Å². The van der Waals surface area contributed by atoms with Crippen molar-refractivity contribution in [2.45, 2.75) is 44.7 Å². The number of aliphatic hydroxyl groups is 4. The SMILES string of the molecule is CC(C)(C)OC(=O)N1C(O)(O)CN(Cc2ccccc2)CC1(O)O. The first kappa shape index (κ1) is 18.6. The predicted octanol–water partition coefficient (Wildman–Crippen LogP) is 0.0161. The van der Waals surface area contributed by atoms with Crippen LogP contribution in [0.15, 0.2) is 30.3 Å². The second-order valence-electron chi connectivity index (χ2n) is 7.00. The number of carbonyl (C=O) groups is 1. The second-order valence-corrected chi connectivity index (χ2v) is 7.00. The minimum Gasteiger partial charge on any atom is -0.443 e. The van der Waals surface area contributed by atoms with E-state index in [0.717, 1.165) is 5.56 Å². The van der Waals surface area contributed by atoms with Gasteiger partial charge in [-0.05, 0) is 26.3 Å². The molecule has 1 heterocycles. The molecule has 0 spiro atoms. The maximum atomic E-state index is 12.2. The van der Waals surface area contributed by atoms with Crippen LogP contribution in [-0.2, 0) is 11.3 Å². The van der Waals surface area contributed by atoms with E-state index < -0.39 is 23.5 Å². The standard InChI is InChI=1S/C16H24N2O6/c1-14(2,3)24-13(19)18-15(20,21)10-17(11-16(18,22)23)9-12-7-5-4-6-8-12/h4-8,20-23H,9-11H2,1-3H3. The molecule has 0 atom stereocenters. The van der Waals surface area contributed by atoms with Crippen LogP contribution in [0.1, 0.15) is 26.3 Å². The van der Waals surface area contributed by atoms with Crippen molar-refractivity contribution in [3.63, 3.8) is 0 Å². The molecule has 0 saturated carbocycles. The van der Waals surface area contributed by atoms with Crippen LogP contribution in [0.5, 0.6) is 0 Å². The average molecular weight is 340 g/mol. The van der Waals surface area contributed by atoms with E-state index in [1.165, 1.54) is 4.90 Å². The van der Waals surface area contributed by atoms with Crippen LogP contribution >= 0.6 is 0 Å². The quantitative estimate of drug-likeness (QED) is 0.561. The van der Waals surface area contributed by atoms with Gasteiger partial charge < -0.3 is 25.2 Å². The van der Waals surface area contributed by atoms with Gasteiger partial charge in [0.25, 0.3) is 11.8 Å². The van der Waals surface area contributed by atoms with E-state index >= 15 is 0 Å². The number of amides is 1. The lowest BCUT2D eigenvalue weighted by Gasteiger charge is -2.50. The minimum absolute atomic E-state index is 0.146.